The molecule has 3 atom stereocenters. The summed E-state index contributed by atoms with van der Waals surface area (Å²) >= 11 is 1.89. The number of hydrogen-bond donors (Lipinski definition) is 1. The number of imidazole rings is 1. The summed E-state index contributed by atoms with van der Waals surface area (Å²) in [7, 11) is 0. The first-order valence-electron chi connectivity index (χ1n) is 7.91. The Morgan fingerprint density at radius 3 is 2.86 bits per heavy atom. The summed E-state index contributed by atoms with van der Waals surface area (Å²) in [5, 5.41) is 3.73. The van der Waals surface area contributed by atoms with Gasteiger partial charge in [0.2, 0.25) is 0 Å². The van der Waals surface area contributed by atoms with Gasteiger partial charge < -0.3 is 9.88 Å². The van der Waals surface area contributed by atoms with Crippen molar-refractivity contribution in [2.45, 2.75) is 65.1 Å². The average Bonchev–Trinajstić information content (AvgIpc) is 3.04. The van der Waals surface area contributed by atoms with Crippen molar-refractivity contribution < 1.29 is 0 Å². The number of nitrogens with one attached hydrogen (secondary N) is 1. The highest BCUT2D eigenvalue weighted by molar-refractivity contribution is 7.12. The number of aryl methyl sites for hydroxylation is 2. The van der Waals surface area contributed by atoms with Gasteiger partial charge in [0.15, 0.2) is 0 Å². The lowest BCUT2D eigenvalue weighted by Gasteiger charge is -2.30. The van der Waals surface area contributed by atoms with Gasteiger partial charge in [-0.1, -0.05) is 0 Å². The molecule has 3 unspecified atom stereocenters. The highest BCUT2D eigenvalue weighted by Crippen LogP contribution is 2.32. The molecule has 4 heteroatoms. The Morgan fingerprint density at radius 2 is 2.19 bits per heavy atom. The van der Waals surface area contributed by atoms with E-state index >= 15 is 0 Å². The van der Waals surface area contributed by atoms with E-state index in [1.165, 1.54) is 40.3 Å². The fraction of sp³-hybridized carbons (Fsp3) is 0.588. The molecule has 3 nitrogen and oxygen atoms in total. The molecule has 1 saturated heterocycles. The van der Waals surface area contributed by atoms with Crippen molar-refractivity contribution in [2.75, 3.05) is 0 Å². The lowest BCUT2D eigenvalue weighted by atomic mass is 9.97. The lowest BCUT2D eigenvalue weighted by Crippen LogP contribution is -2.35. The van der Waals surface area contributed by atoms with E-state index in [1.54, 1.807) is 0 Å². The first kappa shape index (κ1) is 14.8. The maximum absolute atomic E-state index is 4.43. The molecule has 0 radical (unpaired) electrons. The van der Waals surface area contributed by atoms with E-state index in [1.807, 2.05) is 23.9 Å². The number of thiophene rings is 1. The smallest absolute Gasteiger partial charge is 0.0954 e. The van der Waals surface area contributed by atoms with Crippen molar-refractivity contribution in [1.29, 1.82) is 0 Å². The molecule has 1 fully saturated rings. The van der Waals surface area contributed by atoms with Gasteiger partial charge in [0.1, 0.15) is 0 Å². The maximum Gasteiger partial charge on any atom is 0.0954 e. The second kappa shape index (κ2) is 5.93. The Morgan fingerprint density at radius 1 is 1.38 bits per heavy atom. The minimum Gasteiger partial charge on any atom is -0.326 e. The monoisotopic (exact) mass is 303 g/mol. The van der Waals surface area contributed by atoms with Crippen LogP contribution in [0.2, 0.25) is 0 Å². The number of hydrogen-bond acceptors (Lipinski definition) is 3. The molecule has 2 aromatic rings. The van der Waals surface area contributed by atoms with Crippen LogP contribution in [0.15, 0.2) is 18.6 Å². The topological polar surface area (TPSA) is 29.9 Å². The molecule has 3 heterocycles. The van der Waals surface area contributed by atoms with Crippen molar-refractivity contribution >= 4 is 11.3 Å². The van der Waals surface area contributed by atoms with Crippen molar-refractivity contribution in [3.05, 3.63) is 39.6 Å². The average molecular weight is 303 g/mol. The number of piperidine rings is 1. The molecule has 114 valence electrons. The second-order valence-electron chi connectivity index (χ2n) is 6.32. The zero-order valence-electron chi connectivity index (χ0n) is 13.4. The van der Waals surface area contributed by atoms with Crippen LogP contribution in [0, 0.1) is 13.8 Å². The Labute approximate surface area is 131 Å². The number of rotatable bonds is 3. The zero-order valence-corrected chi connectivity index (χ0v) is 14.2. The van der Waals surface area contributed by atoms with Gasteiger partial charge in [-0.05, 0) is 58.6 Å². The molecular weight excluding hydrogens is 278 g/mol. The molecular formula is C17H25N3S. The van der Waals surface area contributed by atoms with Crippen molar-refractivity contribution in [1.82, 2.24) is 14.9 Å². The molecule has 21 heavy (non-hydrogen) atoms. The largest absolute Gasteiger partial charge is 0.326 e. The summed E-state index contributed by atoms with van der Waals surface area (Å²) in [6.07, 6.45) is 7.83. The van der Waals surface area contributed by atoms with Gasteiger partial charge >= 0.3 is 0 Å². The highest BCUT2D eigenvalue weighted by Gasteiger charge is 2.24. The SMILES string of the molecule is Cc1cc(C(C)n2cncc2C2CCCC(C)N2)c(C)s1. The zero-order chi connectivity index (χ0) is 15.0. The summed E-state index contributed by atoms with van der Waals surface area (Å²) in [5.74, 6) is 0. The summed E-state index contributed by atoms with van der Waals surface area (Å²) < 4.78 is 2.35. The van der Waals surface area contributed by atoms with Crippen LogP contribution in [0.5, 0.6) is 0 Å². The van der Waals surface area contributed by atoms with Crippen LogP contribution in [0.4, 0.5) is 0 Å². The third-order valence-corrected chi connectivity index (χ3v) is 5.60. The fourth-order valence-corrected chi connectivity index (χ4v) is 4.51. The van der Waals surface area contributed by atoms with E-state index in [2.05, 4.69) is 48.6 Å². The Balaban J connectivity index is 1.89. The predicted octanol–water partition coefficient (Wildman–Crippen LogP) is 4.37. The van der Waals surface area contributed by atoms with E-state index in [0.717, 1.165) is 0 Å². The van der Waals surface area contributed by atoms with Gasteiger partial charge in [-0.15, -0.1) is 11.3 Å². The van der Waals surface area contributed by atoms with Crippen LogP contribution in [0.3, 0.4) is 0 Å². The summed E-state index contributed by atoms with van der Waals surface area (Å²) in [4.78, 5) is 7.24. The van der Waals surface area contributed by atoms with Gasteiger partial charge in [-0.3, -0.25) is 0 Å². The Kier molecular flexibility index (Phi) is 4.18. The molecule has 0 aliphatic carbocycles. The molecule has 1 N–H and O–H groups in total. The number of nitrogens with zero attached hydrogens (tertiary/aromatic N) is 2. The fourth-order valence-electron chi connectivity index (χ4n) is 3.50. The molecule has 1 aliphatic heterocycles. The van der Waals surface area contributed by atoms with Crippen LogP contribution in [0.1, 0.15) is 66.2 Å². The molecule has 0 bridgehead atoms. The third-order valence-electron chi connectivity index (χ3n) is 4.62. The molecule has 0 saturated carbocycles. The van der Waals surface area contributed by atoms with Crippen LogP contribution in [0.25, 0.3) is 0 Å². The van der Waals surface area contributed by atoms with Gasteiger partial charge in [-0.25, -0.2) is 4.98 Å². The van der Waals surface area contributed by atoms with Crippen LogP contribution >= 0.6 is 11.3 Å². The van der Waals surface area contributed by atoms with Gasteiger partial charge in [-0.2, -0.15) is 0 Å². The maximum atomic E-state index is 4.43. The standard InChI is InChI=1S/C17H25N3S/c1-11-6-5-7-16(19-11)17-9-18-10-20(17)13(3)15-8-12(2)21-14(15)4/h8-11,13,16,19H,5-7H2,1-4H3. The predicted molar refractivity (Wildman–Crippen MR) is 89.0 cm³/mol. The molecule has 3 rings (SSSR count). The van der Waals surface area contributed by atoms with Gasteiger partial charge in [0, 0.05) is 28.0 Å². The Bertz CT molecular complexity index is 613. The molecule has 0 spiro atoms. The lowest BCUT2D eigenvalue weighted by molar-refractivity contribution is 0.327. The van der Waals surface area contributed by atoms with Crippen LogP contribution in [-0.2, 0) is 0 Å². The first-order valence-corrected chi connectivity index (χ1v) is 8.72. The van der Waals surface area contributed by atoms with E-state index in [4.69, 9.17) is 0 Å². The number of aromatic nitrogens is 2. The summed E-state index contributed by atoms with van der Waals surface area (Å²) in [6, 6.07) is 3.73. The Hall–Kier alpha value is -1.13. The third kappa shape index (κ3) is 2.92. The second-order valence-corrected chi connectivity index (χ2v) is 7.78. The van der Waals surface area contributed by atoms with Gasteiger partial charge in [0.05, 0.1) is 18.1 Å². The van der Waals surface area contributed by atoms with Crippen LogP contribution < -0.4 is 5.32 Å². The van der Waals surface area contributed by atoms with Crippen molar-refractivity contribution in [2.24, 2.45) is 0 Å². The van der Waals surface area contributed by atoms with Crippen molar-refractivity contribution in [3.8, 4) is 0 Å². The highest BCUT2D eigenvalue weighted by atomic mass is 32.1. The van der Waals surface area contributed by atoms with E-state index in [9.17, 15) is 0 Å². The molecule has 1 aliphatic rings. The molecule has 2 aromatic heterocycles. The minimum absolute atomic E-state index is 0.353. The summed E-state index contributed by atoms with van der Waals surface area (Å²) in [5.41, 5.74) is 2.76. The van der Waals surface area contributed by atoms with E-state index in [-0.39, 0.29) is 0 Å². The van der Waals surface area contributed by atoms with Crippen molar-refractivity contribution in [3.63, 3.8) is 0 Å². The normalized spacial score (nSPS) is 24.2. The quantitative estimate of drug-likeness (QED) is 0.912. The minimum atomic E-state index is 0.353. The van der Waals surface area contributed by atoms with Gasteiger partial charge in [0.25, 0.3) is 0 Å². The molecule has 0 aromatic carbocycles. The molecule has 0 amide bonds. The van der Waals surface area contributed by atoms with E-state index < -0.39 is 0 Å². The van der Waals surface area contributed by atoms with Crippen LogP contribution in [-0.4, -0.2) is 15.6 Å². The summed E-state index contributed by atoms with van der Waals surface area (Å²) in [6.45, 7) is 8.97. The first-order chi connectivity index (χ1) is 10.1. The van der Waals surface area contributed by atoms with E-state index in [0.29, 0.717) is 18.1 Å².